The van der Waals surface area contributed by atoms with E-state index in [2.05, 4.69) is 29.2 Å². The molecule has 0 fully saturated rings. The van der Waals surface area contributed by atoms with Gasteiger partial charge < -0.3 is 28.0 Å². The molecule has 0 aromatic heterocycles. The summed E-state index contributed by atoms with van der Waals surface area (Å²) in [4.78, 5) is 11.6. The van der Waals surface area contributed by atoms with Crippen LogP contribution in [0.2, 0.25) is 6.04 Å². The van der Waals surface area contributed by atoms with Crippen molar-refractivity contribution in [1.82, 2.24) is 9.80 Å². The Hall–Kier alpha value is -0.373. The summed E-state index contributed by atoms with van der Waals surface area (Å²) in [6.45, 7) is 9.93. The van der Waals surface area contributed by atoms with Crippen molar-refractivity contribution in [3.8, 4) is 0 Å². The van der Waals surface area contributed by atoms with Crippen LogP contribution >= 0.6 is 8.69 Å². The van der Waals surface area contributed by atoms with Crippen LogP contribution in [-0.4, -0.2) is 63.6 Å². The molecule has 0 amide bonds. The lowest BCUT2D eigenvalue weighted by Crippen LogP contribution is -2.46. The minimum absolute atomic E-state index is 0.651. The average Bonchev–Trinajstić information content (AvgIpc) is 2.86. The first-order chi connectivity index (χ1) is 10.6. The van der Waals surface area contributed by atoms with Crippen LogP contribution in [0.15, 0.2) is 12.4 Å². The number of hydrogen-bond acceptors (Lipinski definition) is 6. The van der Waals surface area contributed by atoms with Crippen LogP contribution in [0, 0.1) is 0 Å². The third-order valence-electron chi connectivity index (χ3n) is 2.96. The normalized spacial score (nSPS) is 14.8. The third-order valence-corrected chi connectivity index (χ3v) is 6.11. The van der Waals surface area contributed by atoms with Gasteiger partial charge in [0.25, 0.3) is 0 Å². The molecule has 0 saturated carbocycles. The first-order valence-electron chi connectivity index (χ1n) is 7.69. The highest BCUT2D eigenvalue weighted by Crippen LogP contribution is 2.19. The summed E-state index contributed by atoms with van der Waals surface area (Å²) < 4.78 is 26.1. The first-order valence-corrected chi connectivity index (χ1v) is 10.6. The van der Waals surface area contributed by atoms with Gasteiger partial charge in [-0.15, -0.1) is 0 Å². The van der Waals surface area contributed by atoms with E-state index in [1.165, 1.54) is 0 Å². The van der Waals surface area contributed by atoms with Gasteiger partial charge in [0.05, 0.1) is 6.67 Å². The Kier molecular flexibility index (Phi) is 12.9. The molecule has 0 saturated heterocycles. The van der Waals surface area contributed by atoms with Crippen LogP contribution in [0.4, 0.5) is 0 Å². The van der Waals surface area contributed by atoms with Gasteiger partial charge in [-0.05, 0) is 27.2 Å². The van der Waals surface area contributed by atoms with Crippen molar-refractivity contribution in [1.29, 1.82) is 0 Å². The van der Waals surface area contributed by atoms with Crippen molar-refractivity contribution in [3.05, 3.63) is 12.4 Å². The second-order valence-corrected chi connectivity index (χ2v) is 7.64. The maximum atomic E-state index is 8.57. The van der Waals surface area contributed by atoms with Gasteiger partial charge in [-0.1, -0.05) is 0 Å². The Bertz CT molecular complexity index is 306. The Morgan fingerprint density at radius 2 is 1.64 bits per heavy atom. The van der Waals surface area contributed by atoms with Gasteiger partial charge in [0, 0.05) is 51.9 Å². The van der Waals surface area contributed by atoms with E-state index >= 15 is 0 Å². The summed E-state index contributed by atoms with van der Waals surface area (Å²) in [7, 11) is -1.87. The van der Waals surface area contributed by atoms with E-state index in [1.807, 2.05) is 20.8 Å². The fourth-order valence-corrected chi connectivity index (χ4v) is 4.83. The predicted molar refractivity (Wildman–Crippen MR) is 91.1 cm³/mol. The van der Waals surface area contributed by atoms with Gasteiger partial charge in [-0.25, -0.2) is 0 Å². The highest BCUT2D eigenvalue weighted by atomic mass is 31.1. The summed E-state index contributed by atoms with van der Waals surface area (Å²) in [5.41, 5.74) is 0. The Morgan fingerprint density at radius 3 is 2.00 bits per heavy atom. The van der Waals surface area contributed by atoms with E-state index in [4.69, 9.17) is 22.7 Å². The molecule has 7 nitrogen and oxygen atoms in total. The Labute approximate surface area is 136 Å². The molecule has 132 valence electrons. The molecule has 1 N–H and O–H groups in total. The second kappa shape index (κ2) is 13.1. The molecule has 0 aromatic carbocycles. The standard InChI is InChI=1S/C13H28N2O3Si.H3O2P/c1-5-16-19(17-6-2,18-7-3)12-8-9-15-11-10-14(4)13-15;1-3-2/h10-11H,5-9,12-13H2,1-4H3;3H2,(H,1,2). The van der Waals surface area contributed by atoms with Crippen LogP contribution in [0.1, 0.15) is 27.2 Å². The molecule has 1 atom stereocenters. The fourth-order valence-electron chi connectivity index (χ4n) is 2.23. The summed E-state index contributed by atoms with van der Waals surface area (Å²) in [5, 5.41) is 0. The molecule has 1 aliphatic heterocycles. The zero-order valence-electron chi connectivity index (χ0n) is 14.2. The minimum Gasteiger partial charge on any atom is -0.374 e. The molecule has 22 heavy (non-hydrogen) atoms. The molecule has 1 aliphatic rings. The summed E-state index contributed by atoms with van der Waals surface area (Å²) in [5.74, 6) is 0. The minimum atomic E-state index is -2.45. The summed E-state index contributed by atoms with van der Waals surface area (Å²) in [6.07, 6.45) is 5.26. The van der Waals surface area contributed by atoms with Gasteiger partial charge in [-0.2, -0.15) is 0 Å². The lowest BCUT2D eigenvalue weighted by atomic mass is 10.4. The van der Waals surface area contributed by atoms with E-state index in [0.29, 0.717) is 19.8 Å². The molecule has 0 radical (unpaired) electrons. The monoisotopic (exact) mass is 354 g/mol. The van der Waals surface area contributed by atoms with Gasteiger partial charge in [0.2, 0.25) is 0 Å². The lowest BCUT2D eigenvalue weighted by Gasteiger charge is -2.29. The Balaban J connectivity index is 0.00000135. The number of rotatable bonds is 10. The lowest BCUT2D eigenvalue weighted by molar-refractivity contribution is 0.0702. The van der Waals surface area contributed by atoms with Crippen molar-refractivity contribution in [3.63, 3.8) is 0 Å². The molecule has 9 heteroatoms. The van der Waals surface area contributed by atoms with Crippen molar-refractivity contribution < 1.29 is 22.7 Å². The van der Waals surface area contributed by atoms with Crippen molar-refractivity contribution in [2.75, 3.05) is 40.1 Å². The van der Waals surface area contributed by atoms with E-state index in [0.717, 1.165) is 25.7 Å². The smallest absolute Gasteiger partial charge is 0.374 e. The average molecular weight is 354 g/mol. The molecule has 1 rings (SSSR count). The van der Waals surface area contributed by atoms with E-state index in [1.54, 1.807) is 0 Å². The topological polar surface area (TPSA) is 71.5 Å². The Morgan fingerprint density at radius 1 is 1.14 bits per heavy atom. The molecule has 0 aromatic rings. The van der Waals surface area contributed by atoms with Crippen LogP contribution in [0.3, 0.4) is 0 Å². The number of hydrogen-bond donors (Lipinski definition) is 1. The SMILES string of the molecule is CCO[Si](CCCN1C=CN(C)C1)(OCC)OCC.O=[PH2]O. The molecule has 0 bridgehead atoms. The summed E-state index contributed by atoms with van der Waals surface area (Å²) >= 11 is 0. The van der Waals surface area contributed by atoms with Crippen LogP contribution in [0.25, 0.3) is 0 Å². The van der Waals surface area contributed by atoms with Crippen LogP contribution in [0.5, 0.6) is 0 Å². The third kappa shape index (κ3) is 8.92. The molecular formula is C13H31N2O5PSi. The second-order valence-electron chi connectivity index (χ2n) is 4.70. The molecular weight excluding hydrogens is 323 g/mol. The van der Waals surface area contributed by atoms with Crippen molar-refractivity contribution in [2.45, 2.75) is 33.2 Å². The highest BCUT2D eigenvalue weighted by molar-refractivity contribution is 7.16. The maximum Gasteiger partial charge on any atom is 0.500 e. The van der Waals surface area contributed by atoms with Gasteiger partial charge in [0.1, 0.15) is 0 Å². The van der Waals surface area contributed by atoms with E-state index in [-0.39, 0.29) is 0 Å². The molecule has 0 aliphatic carbocycles. The highest BCUT2D eigenvalue weighted by Gasteiger charge is 2.39. The van der Waals surface area contributed by atoms with Gasteiger partial charge in [-0.3, -0.25) is 4.57 Å². The summed E-state index contributed by atoms with van der Waals surface area (Å²) in [6, 6.07) is 0.885. The number of nitrogens with zero attached hydrogens (tertiary/aromatic N) is 2. The fraction of sp³-hybridized carbons (Fsp3) is 0.846. The zero-order chi connectivity index (χ0) is 16.8. The molecule has 1 unspecified atom stereocenters. The van der Waals surface area contributed by atoms with Crippen molar-refractivity contribution in [2.24, 2.45) is 0 Å². The predicted octanol–water partition coefficient (Wildman–Crippen LogP) is 1.75. The zero-order valence-corrected chi connectivity index (χ0v) is 16.3. The van der Waals surface area contributed by atoms with Gasteiger partial charge in [0.15, 0.2) is 8.69 Å². The quantitative estimate of drug-likeness (QED) is 0.473. The first kappa shape index (κ1) is 21.6. The van der Waals surface area contributed by atoms with Crippen LogP contribution in [-0.2, 0) is 17.8 Å². The van der Waals surface area contributed by atoms with Gasteiger partial charge >= 0.3 is 8.80 Å². The largest absolute Gasteiger partial charge is 0.500 e. The van der Waals surface area contributed by atoms with Crippen molar-refractivity contribution >= 4 is 17.5 Å². The van der Waals surface area contributed by atoms with Crippen LogP contribution < -0.4 is 0 Å². The molecule has 1 heterocycles. The maximum absolute atomic E-state index is 8.57. The molecule has 0 spiro atoms. The van der Waals surface area contributed by atoms with E-state index < -0.39 is 17.5 Å². The van der Waals surface area contributed by atoms with E-state index in [9.17, 15) is 0 Å².